The van der Waals surface area contributed by atoms with Crippen LogP contribution in [0, 0.1) is 5.92 Å². The summed E-state index contributed by atoms with van der Waals surface area (Å²) in [5.74, 6) is 0.922. The van der Waals surface area contributed by atoms with E-state index in [1.54, 1.807) is 0 Å². The molecule has 0 saturated heterocycles. The maximum Gasteiger partial charge on any atom is 0.0335 e. The van der Waals surface area contributed by atoms with Crippen molar-refractivity contribution in [2.24, 2.45) is 11.7 Å². The van der Waals surface area contributed by atoms with Crippen molar-refractivity contribution in [3.8, 4) is 0 Å². The number of hydrogen-bond acceptors (Lipinski definition) is 3. The topological polar surface area (TPSA) is 32.5 Å². The maximum atomic E-state index is 6.28. The Morgan fingerprint density at radius 3 is 2.40 bits per heavy atom. The van der Waals surface area contributed by atoms with Gasteiger partial charge in [-0.05, 0) is 52.7 Å². The number of nitrogens with zero attached hydrogens (tertiary/aromatic N) is 2. The summed E-state index contributed by atoms with van der Waals surface area (Å²) in [5, 5.41) is 0. The lowest BCUT2D eigenvalue weighted by molar-refractivity contribution is 0.0355. The highest BCUT2D eigenvalue weighted by Gasteiger charge is 2.38. The summed E-state index contributed by atoms with van der Waals surface area (Å²) in [4.78, 5) is 4.99. The van der Waals surface area contributed by atoms with Crippen LogP contribution in [0.5, 0.6) is 0 Å². The van der Waals surface area contributed by atoms with Gasteiger partial charge in [-0.1, -0.05) is 33.1 Å². The molecule has 0 aromatic rings. The summed E-state index contributed by atoms with van der Waals surface area (Å²) in [7, 11) is 4.33. The van der Waals surface area contributed by atoms with Crippen LogP contribution in [0.25, 0.3) is 0 Å². The first-order valence-electron chi connectivity index (χ1n) is 8.60. The fourth-order valence-electron chi connectivity index (χ4n) is 4.22. The van der Waals surface area contributed by atoms with Gasteiger partial charge < -0.3 is 10.6 Å². The quantitative estimate of drug-likeness (QED) is 0.729. The number of nitrogens with two attached hydrogens (primary N) is 1. The Balaban J connectivity index is 2.83. The molecule has 3 atom stereocenters. The van der Waals surface area contributed by atoms with Crippen LogP contribution in [0.15, 0.2) is 0 Å². The third kappa shape index (κ3) is 4.44. The van der Waals surface area contributed by atoms with E-state index in [2.05, 4.69) is 44.7 Å². The van der Waals surface area contributed by atoms with E-state index < -0.39 is 0 Å². The Kier molecular flexibility index (Phi) is 7.49. The molecule has 1 aliphatic carbocycles. The molecular formula is C17H37N3. The zero-order valence-electron chi connectivity index (χ0n) is 14.5. The van der Waals surface area contributed by atoms with E-state index in [4.69, 9.17) is 5.73 Å². The molecule has 0 aliphatic heterocycles. The largest absolute Gasteiger partial charge is 0.329 e. The minimum Gasteiger partial charge on any atom is -0.329 e. The van der Waals surface area contributed by atoms with Gasteiger partial charge in [0.2, 0.25) is 0 Å². The van der Waals surface area contributed by atoms with Gasteiger partial charge in [-0.15, -0.1) is 0 Å². The number of likely N-dealkylation sites (N-methyl/N-ethyl adjacent to an activating group) is 2. The van der Waals surface area contributed by atoms with Gasteiger partial charge in [0.1, 0.15) is 0 Å². The molecular weight excluding hydrogens is 246 g/mol. The molecule has 1 saturated carbocycles. The van der Waals surface area contributed by atoms with Crippen LogP contribution in [0.2, 0.25) is 0 Å². The van der Waals surface area contributed by atoms with Gasteiger partial charge in [-0.2, -0.15) is 0 Å². The summed E-state index contributed by atoms with van der Waals surface area (Å²) < 4.78 is 0. The van der Waals surface area contributed by atoms with Gasteiger partial charge in [-0.3, -0.25) is 4.90 Å². The lowest BCUT2D eigenvalue weighted by atomic mass is 9.86. The smallest absolute Gasteiger partial charge is 0.0335 e. The molecule has 0 bridgehead atoms. The molecule has 3 nitrogen and oxygen atoms in total. The normalized spacial score (nSPS) is 29.7. The Bertz CT molecular complexity index is 267. The van der Waals surface area contributed by atoms with E-state index >= 15 is 0 Å². The maximum absolute atomic E-state index is 6.28. The predicted molar refractivity (Wildman–Crippen MR) is 89.0 cm³/mol. The Labute approximate surface area is 126 Å². The van der Waals surface area contributed by atoms with E-state index in [0.717, 1.165) is 25.6 Å². The fourth-order valence-corrected chi connectivity index (χ4v) is 4.22. The number of hydrogen-bond donors (Lipinski definition) is 1. The molecule has 1 rings (SSSR count). The molecule has 2 N–H and O–H groups in total. The lowest BCUT2D eigenvalue weighted by Crippen LogP contribution is -2.58. The summed E-state index contributed by atoms with van der Waals surface area (Å²) in [5.41, 5.74) is 6.53. The average molecular weight is 284 g/mol. The minimum atomic E-state index is 0.244. The van der Waals surface area contributed by atoms with Crippen molar-refractivity contribution in [3.05, 3.63) is 0 Å². The first-order chi connectivity index (χ1) is 9.49. The Hall–Kier alpha value is -0.120. The summed E-state index contributed by atoms with van der Waals surface area (Å²) in [6.45, 7) is 10.0. The van der Waals surface area contributed by atoms with Crippen LogP contribution in [0.4, 0.5) is 0 Å². The van der Waals surface area contributed by atoms with Crippen LogP contribution in [0.3, 0.4) is 0 Å². The van der Waals surface area contributed by atoms with Gasteiger partial charge >= 0.3 is 0 Å². The van der Waals surface area contributed by atoms with Crippen molar-refractivity contribution < 1.29 is 0 Å². The summed E-state index contributed by atoms with van der Waals surface area (Å²) in [6, 6.07) is 0.580. The first-order valence-corrected chi connectivity index (χ1v) is 8.60. The van der Waals surface area contributed by atoms with E-state index in [9.17, 15) is 0 Å². The van der Waals surface area contributed by atoms with Crippen LogP contribution in [-0.4, -0.2) is 55.1 Å². The molecule has 3 heteroatoms. The second-order valence-electron chi connectivity index (χ2n) is 7.03. The van der Waals surface area contributed by atoms with Crippen molar-refractivity contribution in [1.29, 1.82) is 0 Å². The summed E-state index contributed by atoms with van der Waals surface area (Å²) >= 11 is 0. The Morgan fingerprint density at radius 2 is 1.90 bits per heavy atom. The van der Waals surface area contributed by atoms with E-state index in [1.807, 2.05) is 0 Å². The number of rotatable bonds is 7. The van der Waals surface area contributed by atoms with Crippen molar-refractivity contribution in [3.63, 3.8) is 0 Å². The minimum absolute atomic E-state index is 0.244. The molecule has 1 fully saturated rings. The molecule has 1 aliphatic rings. The van der Waals surface area contributed by atoms with Crippen molar-refractivity contribution >= 4 is 0 Å². The van der Waals surface area contributed by atoms with Crippen molar-refractivity contribution in [1.82, 2.24) is 9.80 Å². The summed E-state index contributed by atoms with van der Waals surface area (Å²) in [6.07, 6.45) is 8.01. The zero-order chi connectivity index (χ0) is 15.2. The first kappa shape index (κ1) is 17.9. The average Bonchev–Trinajstić information content (AvgIpc) is 2.62. The highest BCUT2D eigenvalue weighted by atomic mass is 15.3. The molecule has 120 valence electrons. The second kappa shape index (κ2) is 8.35. The third-order valence-corrected chi connectivity index (χ3v) is 5.34. The molecule has 0 aromatic heterocycles. The highest BCUT2D eigenvalue weighted by Crippen LogP contribution is 2.36. The van der Waals surface area contributed by atoms with Crippen molar-refractivity contribution in [2.45, 2.75) is 70.9 Å². The molecule has 0 amide bonds. The third-order valence-electron chi connectivity index (χ3n) is 5.34. The van der Waals surface area contributed by atoms with Gasteiger partial charge in [0.25, 0.3) is 0 Å². The molecule has 0 heterocycles. The molecule has 3 unspecified atom stereocenters. The monoisotopic (exact) mass is 283 g/mol. The SMILES string of the molecule is CCC1CCCC(CN)(N(CC)C(C)CN(C)C)CC1. The van der Waals surface area contributed by atoms with Gasteiger partial charge in [0.15, 0.2) is 0 Å². The standard InChI is InChI=1S/C17H37N3/c1-6-16-9-8-11-17(14-18,12-10-16)20(7-2)15(3)13-19(4)5/h15-16H,6-14,18H2,1-5H3. The van der Waals surface area contributed by atoms with Crippen LogP contribution in [-0.2, 0) is 0 Å². The predicted octanol–water partition coefficient (Wildman–Crippen LogP) is 2.95. The van der Waals surface area contributed by atoms with E-state index in [1.165, 1.54) is 38.5 Å². The van der Waals surface area contributed by atoms with E-state index in [-0.39, 0.29) is 5.54 Å². The fraction of sp³-hybridized carbons (Fsp3) is 1.00. The van der Waals surface area contributed by atoms with E-state index in [0.29, 0.717) is 6.04 Å². The zero-order valence-corrected chi connectivity index (χ0v) is 14.5. The Morgan fingerprint density at radius 1 is 1.20 bits per heavy atom. The van der Waals surface area contributed by atoms with Crippen LogP contribution >= 0.6 is 0 Å². The second-order valence-corrected chi connectivity index (χ2v) is 7.03. The van der Waals surface area contributed by atoms with Crippen LogP contribution < -0.4 is 5.73 Å². The molecule has 20 heavy (non-hydrogen) atoms. The van der Waals surface area contributed by atoms with Gasteiger partial charge in [-0.25, -0.2) is 0 Å². The highest BCUT2D eigenvalue weighted by molar-refractivity contribution is 4.96. The van der Waals surface area contributed by atoms with Gasteiger partial charge in [0.05, 0.1) is 0 Å². The van der Waals surface area contributed by atoms with Gasteiger partial charge in [0, 0.05) is 24.7 Å². The molecule has 0 aromatic carbocycles. The molecule has 0 spiro atoms. The van der Waals surface area contributed by atoms with Crippen molar-refractivity contribution in [2.75, 3.05) is 33.7 Å². The van der Waals surface area contributed by atoms with Crippen LogP contribution in [0.1, 0.15) is 59.3 Å². The molecule has 0 radical (unpaired) electrons. The lowest BCUT2D eigenvalue weighted by Gasteiger charge is -2.47.